The average molecular weight is 254 g/mol. The Bertz CT molecular complexity index is 405. The van der Waals surface area contributed by atoms with Crippen molar-refractivity contribution in [3.63, 3.8) is 0 Å². The van der Waals surface area contributed by atoms with Crippen LogP contribution in [0.5, 0.6) is 0 Å². The van der Waals surface area contributed by atoms with Gasteiger partial charge in [-0.05, 0) is 6.42 Å². The number of aliphatic hydroxyl groups excluding tert-OH is 1. The highest BCUT2D eigenvalue weighted by Crippen LogP contribution is 2.29. The standard InChI is InChI=1S/C12H22N4O2/c1-3-4-10-11(13)12(15(2)14-10)16-5-6-18-8-9(16)7-17/h9,17H,3-8,13H2,1-2H3. The van der Waals surface area contributed by atoms with Gasteiger partial charge in [0, 0.05) is 13.6 Å². The summed E-state index contributed by atoms with van der Waals surface area (Å²) in [5, 5.41) is 13.9. The molecule has 0 saturated carbocycles. The van der Waals surface area contributed by atoms with Gasteiger partial charge in [-0.25, -0.2) is 0 Å². The molecule has 2 rings (SSSR count). The molecule has 6 heteroatoms. The lowest BCUT2D eigenvalue weighted by Crippen LogP contribution is -2.48. The van der Waals surface area contributed by atoms with Crippen LogP contribution in [0.1, 0.15) is 19.0 Å². The van der Waals surface area contributed by atoms with E-state index in [0.29, 0.717) is 13.2 Å². The van der Waals surface area contributed by atoms with Crippen LogP contribution in [0, 0.1) is 0 Å². The first-order chi connectivity index (χ1) is 8.69. The zero-order valence-electron chi connectivity index (χ0n) is 11.1. The van der Waals surface area contributed by atoms with Crippen molar-refractivity contribution >= 4 is 11.5 Å². The molecule has 0 amide bonds. The maximum Gasteiger partial charge on any atom is 0.150 e. The molecule has 0 radical (unpaired) electrons. The molecule has 2 heterocycles. The van der Waals surface area contributed by atoms with Crippen LogP contribution in [-0.4, -0.2) is 47.3 Å². The highest BCUT2D eigenvalue weighted by molar-refractivity contribution is 5.67. The molecular formula is C12H22N4O2. The van der Waals surface area contributed by atoms with Crippen LogP contribution in [0.25, 0.3) is 0 Å². The predicted octanol–water partition coefficient (Wildman–Crippen LogP) is 0.152. The van der Waals surface area contributed by atoms with E-state index in [1.54, 1.807) is 0 Å². The Morgan fingerprint density at radius 2 is 2.33 bits per heavy atom. The molecule has 0 aromatic carbocycles. The number of ether oxygens (including phenoxy) is 1. The molecule has 1 fully saturated rings. The zero-order valence-corrected chi connectivity index (χ0v) is 11.1. The van der Waals surface area contributed by atoms with Crippen molar-refractivity contribution in [2.75, 3.05) is 37.0 Å². The number of nitrogens with two attached hydrogens (primary N) is 1. The molecule has 1 aliphatic rings. The number of aromatic nitrogens is 2. The first-order valence-electron chi connectivity index (χ1n) is 6.45. The Kier molecular flexibility index (Phi) is 4.08. The second-order valence-corrected chi connectivity index (χ2v) is 4.66. The van der Waals surface area contributed by atoms with Crippen LogP contribution in [-0.2, 0) is 18.2 Å². The monoisotopic (exact) mass is 254 g/mol. The Morgan fingerprint density at radius 3 is 3.00 bits per heavy atom. The van der Waals surface area contributed by atoms with E-state index < -0.39 is 0 Å². The third-order valence-electron chi connectivity index (χ3n) is 3.33. The topological polar surface area (TPSA) is 76.5 Å². The lowest BCUT2D eigenvalue weighted by molar-refractivity contribution is 0.0720. The molecule has 1 aromatic heterocycles. The van der Waals surface area contributed by atoms with Gasteiger partial charge in [0.2, 0.25) is 0 Å². The van der Waals surface area contributed by atoms with Crippen molar-refractivity contribution in [2.24, 2.45) is 7.05 Å². The van der Waals surface area contributed by atoms with E-state index in [1.165, 1.54) is 0 Å². The molecule has 0 aliphatic carbocycles. The van der Waals surface area contributed by atoms with E-state index in [2.05, 4.69) is 16.9 Å². The number of morpholine rings is 1. The first kappa shape index (κ1) is 13.2. The largest absolute Gasteiger partial charge is 0.394 e. The number of hydrogen-bond donors (Lipinski definition) is 2. The van der Waals surface area contributed by atoms with E-state index in [9.17, 15) is 5.11 Å². The van der Waals surface area contributed by atoms with Crippen LogP contribution in [0.15, 0.2) is 0 Å². The van der Waals surface area contributed by atoms with Gasteiger partial charge < -0.3 is 20.5 Å². The van der Waals surface area contributed by atoms with E-state index in [4.69, 9.17) is 10.5 Å². The van der Waals surface area contributed by atoms with Crippen LogP contribution < -0.4 is 10.6 Å². The normalized spacial score (nSPS) is 20.4. The zero-order chi connectivity index (χ0) is 13.1. The second kappa shape index (κ2) is 5.58. The van der Waals surface area contributed by atoms with Gasteiger partial charge in [0.15, 0.2) is 5.82 Å². The molecule has 1 aliphatic heterocycles. The summed E-state index contributed by atoms with van der Waals surface area (Å²) >= 11 is 0. The molecule has 1 atom stereocenters. The molecule has 1 unspecified atom stereocenters. The number of hydrogen-bond acceptors (Lipinski definition) is 5. The van der Waals surface area contributed by atoms with Gasteiger partial charge in [-0.2, -0.15) is 5.10 Å². The molecule has 102 valence electrons. The Balaban J connectivity index is 2.30. The van der Waals surface area contributed by atoms with Gasteiger partial charge in [0.25, 0.3) is 0 Å². The van der Waals surface area contributed by atoms with Crippen LogP contribution >= 0.6 is 0 Å². The predicted molar refractivity (Wildman–Crippen MR) is 70.7 cm³/mol. The number of nitrogen functional groups attached to an aromatic ring is 1. The Hall–Kier alpha value is -1.27. The fraction of sp³-hybridized carbons (Fsp3) is 0.750. The lowest BCUT2D eigenvalue weighted by Gasteiger charge is -2.36. The minimum Gasteiger partial charge on any atom is -0.394 e. The summed E-state index contributed by atoms with van der Waals surface area (Å²) in [5.41, 5.74) is 7.87. The third-order valence-corrected chi connectivity index (χ3v) is 3.33. The summed E-state index contributed by atoms with van der Waals surface area (Å²) in [4.78, 5) is 2.10. The van der Waals surface area contributed by atoms with Crippen molar-refractivity contribution in [1.29, 1.82) is 0 Å². The summed E-state index contributed by atoms with van der Waals surface area (Å²) in [5.74, 6) is 0.904. The SMILES string of the molecule is CCCc1nn(C)c(N2CCOCC2CO)c1N. The minimum atomic E-state index is -0.0362. The summed E-state index contributed by atoms with van der Waals surface area (Å²) < 4.78 is 7.20. The first-order valence-corrected chi connectivity index (χ1v) is 6.45. The van der Waals surface area contributed by atoms with Crippen molar-refractivity contribution in [3.8, 4) is 0 Å². The molecule has 1 saturated heterocycles. The lowest BCUT2D eigenvalue weighted by atomic mass is 10.2. The summed E-state index contributed by atoms with van der Waals surface area (Å²) in [6.07, 6.45) is 1.90. The van der Waals surface area contributed by atoms with E-state index in [0.717, 1.165) is 36.6 Å². The van der Waals surface area contributed by atoms with Gasteiger partial charge in [-0.15, -0.1) is 0 Å². The summed E-state index contributed by atoms with van der Waals surface area (Å²) in [6, 6.07) is -0.0362. The van der Waals surface area contributed by atoms with Gasteiger partial charge in [-0.1, -0.05) is 13.3 Å². The number of rotatable bonds is 4. The van der Waals surface area contributed by atoms with Crippen LogP contribution in [0.4, 0.5) is 11.5 Å². The van der Waals surface area contributed by atoms with Crippen molar-refractivity contribution in [1.82, 2.24) is 9.78 Å². The average Bonchev–Trinajstić information content (AvgIpc) is 2.65. The number of aryl methyl sites for hydroxylation is 2. The molecule has 3 N–H and O–H groups in total. The molecule has 1 aromatic rings. The summed E-state index contributed by atoms with van der Waals surface area (Å²) in [7, 11) is 1.90. The Morgan fingerprint density at radius 1 is 1.56 bits per heavy atom. The fourth-order valence-corrected chi connectivity index (χ4v) is 2.43. The number of anilines is 2. The van der Waals surface area contributed by atoms with Gasteiger partial charge >= 0.3 is 0 Å². The highest BCUT2D eigenvalue weighted by Gasteiger charge is 2.27. The third kappa shape index (κ3) is 2.30. The van der Waals surface area contributed by atoms with Gasteiger partial charge in [0.05, 0.1) is 37.2 Å². The van der Waals surface area contributed by atoms with Gasteiger partial charge in [-0.3, -0.25) is 4.68 Å². The molecular weight excluding hydrogens is 232 g/mol. The maximum atomic E-state index is 9.42. The molecule has 6 nitrogen and oxygen atoms in total. The maximum absolute atomic E-state index is 9.42. The summed E-state index contributed by atoms with van der Waals surface area (Å²) in [6.45, 7) is 4.10. The van der Waals surface area contributed by atoms with Crippen molar-refractivity contribution in [3.05, 3.63) is 5.69 Å². The van der Waals surface area contributed by atoms with Crippen LogP contribution in [0.3, 0.4) is 0 Å². The smallest absolute Gasteiger partial charge is 0.150 e. The molecule has 18 heavy (non-hydrogen) atoms. The number of aliphatic hydroxyl groups is 1. The Labute approximate surface area is 107 Å². The van der Waals surface area contributed by atoms with Crippen LogP contribution in [0.2, 0.25) is 0 Å². The minimum absolute atomic E-state index is 0.0362. The molecule has 0 bridgehead atoms. The van der Waals surface area contributed by atoms with E-state index in [-0.39, 0.29) is 12.6 Å². The van der Waals surface area contributed by atoms with E-state index >= 15 is 0 Å². The second-order valence-electron chi connectivity index (χ2n) is 4.66. The fourth-order valence-electron chi connectivity index (χ4n) is 2.43. The van der Waals surface area contributed by atoms with Crippen molar-refractivity contribution < 1.29 is 9.84 Å². The molecule has 0 spiro atoms. The quantitative estimate of drug-likeness (QED) is 0.800. The number of nitrogens with zero attached hydrogens (tertiary/aromatic N) is 3. The highest BCUT2D eigenvalue weighted by atomic mass is 16.5. The van der Waals surface area contributed by atoms with Crippen molar-refractivity contribution in [2.45, 2.75) is 25.8 Å². The van der Waals surface area contributed by atoms with Gasteiger partial charge in [0.1, 0.15) is 0 Å². The van der Waals surface area contributed by atoms with E-state index in [1.807, 2.05) is 11.7 Å².